The van der Waals surface area contributed by atoms with Gasteiger partial charge >= 0.3 is 5.69 Å². The number of anilines is 1. The zero-order chi connectivity index (χ0) is 24.8. The van der Waals surface area contributed by atoms with Gasteiger partial charge in [0.25, 0.3) is 5.56 Å². The molecule has 0 amide bonds. The normalized spacial score (nSPS) is 20.9. The van der Waals surface area contributed by atoms with Crippen LogP contribution in [0.5, 0.6) is 0 Å². The first-order valence-corrected chi connectivity index (χ1v) is 12.5. The Morgan fingerprint density at radius 1 is 0.722 bits per heavy atom. The molecule has 4 aromatic rings. The maximum Gasteiger partial charge on any atom is 0.332 e. The van der Waals surface area contributed by atoms with Crippen molar-refractivity contribution in [1.29, 1.82) is 0 Å². The van der Waals surface area contributed by atoms with Crippen LogP contribution in [0.2, 0.25) is 0 Å². The topological polar surface area (TPSA) is 50.5 Å². The molecule has 2 aliphatic rings. The van der Waals surface area contributed by atoms with Gasteiger partial charge in [-0.1, -0.05) is 91.0 Å². The van der Waals surface area contributed by atoms with Gasteiger partial charge in [-0.05, 0) is 23.1 Å². The Morgan fingerprint density at radius 3 is 1.89 bits per heavy atom. The van der Waals surface area contributed by atoms with E-state index in [4.69, 9.17) is 0 Å². The lowest BCUT2D eigenvalue weighted by Crippen LogP contribution is -2.54. The average Bonchev–Trinajstić information content (AvgIpc) is 3.20. The van der Waals surface area contributed by atoms with Crippen molar-refractivity contribution in [3.8, 4) is 0 Å². The van der Waals surface area contributed by atoms with Crippen LogP contribution in [0, 0.1) is 0 Å². The molecule has 0 N–H and O–H groups in total. The first-order chi connectivity index (χ1) is 17.5. The summed E-state index contributed by atoms with van der Waals surface area (Å²) < 4.78 is 2.94. The second kappa shape index (κ2) is 8.95. The minimum Gasteiger partial charge on any atom is -0.337 e. The molecule has 1 unspecified atom stereocenters. The molecule has 1 aromatic heterocycles. The van der Waals surface area contributed by atoms with E-state index in [-0.39, 0.29) is 29.4 Å². The van der Waals surface area contributed by atoms with Crippen molar-refractivity contribution in [3.63, 3.8) is 0 Å². The van der Waals surface area contributed by atoms with E-state index in [2.05, 4.69) is 70.5 Å². The highest BCUT2D eigenvalue weighted by Crippen LogP contribution is 2.53. The SMILES string of the molecule is Cn1c2c(c(=O)n(C)c1=O)[C@@H]1C(c3ccccc3)C[C@H](N2Cc2ccccc2)N1Cc1ccccc1. The van der Waals surface area contributed by atoms with Crippen molar-refractivity contribution >= 4 is 5.82 Å². The molecule has 1 saturated heterocycles. The van der Waals surface area contributed by atoms with E-state index in [1.165, 1.54) is 15.7 Å². The molecule has 1 fully saturated rings. The second-order valence-corrected chi connectivity index (χ2v) is 9.89. The van der Waals surface area contributed by atoms with Gasteiger partial charge in [-0.25, -0.2) is 4.79 Å². The zero-order valence-corrected chi connectivity index (χ0v) is 20.6. The molecule has 0 spiro atoms. The fourth-order valence-electron chi connectivity index (χ4n) is 6.16. The summed E-state index contributed by atoms with van der Waals surface area (Å²) in [6.07, 6.45) is 0.922. The minimum absolute atomic E-state index is 0.0471. The Labute approximate surface area is 210 Å². The van der Waals surface area contributed by atoms with Gasteiger partial charge in [0.15, 0.2) is 0 Å². The molecule has 6 nitrogen and oxygen atoms in total. The molecule has 0 saturated carbocycles. The largest absolute Gasteiger partial charge is 0.337 e. The van der Waals surface area contributed by atoms with Gasteiger partial charge in [-0.3, -0.25) is 18.8 Å². The Bertz CT molecular complexity index is 1500. The Kier molecular flexibility index (Phi) is 5.61. The standard InChI is InChI=1S/C30H30N4O2/c1-31-28-26(29(35)32(2)30(31)36)27-24(23-16-10-5-11-17-23)18-25(33(27)19-21-12-6-3-7-13-21)34(28)20-22-14-8-4-9-15-22/h3-17,24-25,27H,18-20H2,1-2H3/t24?,25-,27-/m0/s1. The van der Waals surface area contributed by atoms with Crippen LogP contribution in [0.25, 0.3) is 0 Å². The quantitative estimate of drug-likeness (QED) is 0.432. The first kappa shape index (κ1) is 22.6. The predicted molar refractivity (Wildman–Crippen MR) is 142 cm³/mol. The van der Waals surface area contributed by atoms with Crippen molar-refractivity contribution in [2.24, 2.45) is 14.1 Å². The molecule has 3 atom stereocenters. The van der Waals surface area contributed by atoms with Crippen LogP contribution < -0.4 is 16.1 Å². The molecule has 182 valence electrons. The number of hydrogen-bond donors (Lipinski definition) is 0. The van der Waals surface area contributed by atoms with E-state index >= 15 is 0 Å². The van der Waals surface area contributed by atoms with E-state index in [0.29, 0.717) is 12.1 Å². The summed E-state index contributed by atoms with van der Waals surface area (Å²) in [5.41, 5.74) is 3.82. The van der Waals surface area contributed by atoms with E-state index in [0.717, 1.165) is 24.3 Å². The van der Waals surface area contributed by atoms with Gasteiger partial charge in [0.1, 0.15) is 5.82 Å². The smallest absolute Gasteiger partial charge is 0.332 e. The third-order valence-corrected chi connectivity index (χ3v) is 7.81. The number of benzene rings is 3. The molecule has 2 bridgehead atoms. The first-order valence-electron chi connectivity index (χ1n) is 12.5. The van der Waals surface area contributed by atoms with Gasteiger partial charge in [-0.15, -0.1) is 0 Å². The van der Waals surface area contributed by atoms with E-state index < -0.39 is 0 Å². The van der Waals surface area contributed by atoms with Crippen LogP contribution in [-0.2, 0) is 27.2 Å². The highest BCUT2D eigenvalue weighted by atomic mass is 16.2. The molecule has 6 rings (SSSR count). The number of fused-ring (bicyclic) bond motifs is 4. The second-order valence-electron chi connectivity index (χ2n) is 9.89. The van der Waals surface area contributed by atoms with Crippen molar-refractivity contribution in [2.45, 2.75) is 37.6 Å². The van der Waals surface area contributed by atoms with E-state index in [9.17, 15) is 9.59 Å². The van der Waals surface area contributed by atoms with Crippen molar-refractivity contribution < 1.29 is 0 Å². The molecule has 6 heteroatoms. The van der Waals surface area contributed by atoms with Crippen molar-refractivity contribution in [3.05, 3.63) is 134 Å². The Hall–Kier alpha value is -3.90. The fraction of sp³-hybridized carbons (Fsp3) is 0.267. The van der Waals surface area contributed by atoms with Crippen molar-refractivity contribution in [2.75, 3.05) is 4.90 Å². The lowest BCUT2D eigenvalue weighted by Gasteiger charge is -2.45. The Morgan fingerprint density at radius 2 is 1.28 bits per heavy atom. The molecule has 3 heterocycles. The fourth-order valence-corrected chi connectivity index (χ4v) is 6.16. The van der Waals surface area contributed by atoms with Crippen LogP contribution in [0.1, 0.15) is 40.6 Å². The summed E-state index contributed by atoms with van der Waals surface area (Å²) >= 11 is 0. The van der Waals surface area contributed by atoms with Gasteiger partial charge in [0.05, 0.1) is 17.8 Å². The summed E-state index contributed by atoms with van der Waals surface area (Å²) in [6.45, 7) is 1.36. The number of aromatic nitrogens is 2. The molecule has 2 aliphatic heterocycles. The predicted octanol–water partition coefficient (Wildman–Crippen LogP) is 4.16. The van der Waals surface area contributed by atoms with Crippen LogP contribution in [0.3, 0.4) is 0 Å². The maximum atomic E-state index is 13.8. The highest BCUT2D eigenvalue weighted by molar-refractivity contribution is 5.56. The number of rotatable bonds is 5. The monoisotopic (exact) mass is 478 g/mol. The summed E-state index contributed by atoms with van der Waals surface area (Å²) in [5, 5.41) is 0. The lowest BCUT2D eigenvalue weighted by molar-refractivity contribution is 0.156. The van der Waals surface area contributed by atoms with Gasteiger partial charge in [0, 0.05) is 33.1 Å². The van der Waals surface area contributed by atoms with E-state index in [1.54, 1.807) is 18.7 Å². The van der Waals surface area contributed by atoms with Crippen LogP contribution in [0.4, 0.5) is 5.82 Å². The molecular formula is C30H30N4O2. The van der Waals surface area contributed by atoms with Gasteiger partial charge in [0.2, 0.25) is 0 Å². The lowest BCUT2D eigenvalue weighted by atomic mass is 9.88. The summed E-state index contributed by atoms with van der Waals surface area (Å²) in [4.78, 5) is 31.7. The summed E-state index contributed by atoms with van der Waals surface area (Å²) in [6, 6.07) is 31.1. The molecule has 0 radical (unpaired) electrons. The minimum atomic E-state index is -0.288. The van der Waals surface area contributed by atoms with Crippen LogP contribution in [-0.4, -0.2) is 20.2 Å². The number of nitrogens with zero attached hydrogens (tertiary/aromatic N) is 4. The third kappa shape index (κ3) is 3.60. The van der Waals surface area contributed by atoms with Crippen LogP contribution >= 0.6 is 0 Å². The summed E-state index contributed by atoms with van der Waals surface area (Å²) in [5.74, 6) is 0.898. The molecule has 3 aromatic carbocycles. The van der Waals surface area contributed by atoms with Crippen LogP contribution in [0.15, 0.2) is 101 Å². The summed E-state index contributed by atoms with van der Waals surface area (Å²) in [7, 11) is 3.38. The molecular weight excluding hydrogens is 448 g/mol. The molecule has 36 heavy (non-hydrogen) atoms. The third-order valence-electron chi connectivity index (χ3n) is 7.81. The Balaban J connectivity index is 1.58. The number of hydrogen-bond acceptors (Lipinski definition) is 4. The van der Waals surface area contributed by atoms with E-state index in [1.807, 2.05) is 30.3 Å². The van der Waals surface area contributed by atoms with Crippen molar-refractivity contribution in [1.82, 2.24) is 14.0 Å². The highest BCUT2D eigenvalue weighted by Gasteiger charge is 2.52. The molecule has 0 aliphatic carbocycles. The average molecular weight is 479 g/mol. The maximum absolute atomic E-state index is 13.8. The zero-order valence-electron chi connectivity index (χ0n) is 20.6. The van der Waals surface area contributed by atoms with Gasteiger partial charge < -0.3 is 4.90 Å². The van der Waals surface area contributed by atoms with Gasteiger partial charge in [-0.2, -0.15) is 0 Å².